The van der Waals surface area contributed by atoms with E-state index in [2.05, 4.69) is 36.3 Å². The van der Waals surface area contributed by atoms with E-state index < -0.39 is 0 Å². The summed E-state index contributed by atoms with van der Waals surface area (Å²) in [6.45, 7) is 4.15. The maximum atomic E-state index is 5.18. The molecule has 1 unspecified atom stereocenters. The van der Waals surface area contributed by atoms with E-state index in [0.29, 0.717) is 5.25 Å². The highest BCUT2D eigenvalue weighted by molar-refractivity contribution is 7.98. The summed E-state index contributed by atoms with van der Waals surface area (Å²) in [6, 6.07) is 12.5. The molecular weight excluding hydrogens is 218 g/mol. The van der Waals surface area contributed by atoms with Crippen LogP contribution in [0, 0.1) is 6.92 Å². The summed E-state index contributed by atoms with van der Waals surface area (Å²) < 4.78 is 5.18. The van der Waals surface area contributed by atoms with Crippen LogP contribution in [-0.2, 0) is 5.75 Å². The molecule has 0 fully saturated rings. The molecule has 0 saturated heterocycles. The van der Waals surface area contributed by atoms with Crippen LogP contribution in [0.1, 0.15) is 29.2 Å². The van der Waals surface area contributed by atoms with Crippen LogP contribution >= 0.6 is 11.8 Å². The first kappa shape index (κ1) is 11.3. The van der Waals surface area contributed by atoms with Gasteiger partial charge in [0.05, 0.1) is 11.4 Å². The van der Waals surface area contributed by atoms with Gasteiger partial charge in [-0.2, -0.15) is 0 Å². The molecule has 2 nitrogen and oxygen atoms in total. The first-order chi connectivity index (χ1) is 7.75. The Hall–Kier alpha value is -1.22. The van der Waals surface area contributed by atoms with Crippen LogP contribution in [0.4, 0.5) is 0 Å². The molecule has 0 spiro atoms. The Morgan fingerprint density at radius 1 is 1.31 bits per heavy atom. The molecular formula is C13H15NOS. The van der Waals surface area contributed by atoms with Crippen molar-refractivity contribution in [2.45, 2.75) is 24.9 Å². The third-order valence-corrected chi connectivity index (χ3v) is 3.64. The number of benzene rings is 1. The molecule has 0 N–H and O–H groups in total. The second-order valence-corrected chi connectivity index (χ2v) is 5.13. The fraction of sp³-hybridized carbons (Fsp3) is 0.308. The molecule has 0 radical (unpaired) electrons. The van der Waals surface area contributed by atoms with Gasteiger partial charge in [0.2, 0.25) is 0 Å². The Bertz CT molecular complexity index is 438. The summed E-state index contributed by atoms with van der Waals surface area (Å²) in [5.74, 6) is 1.82. The molecule has 0 aliphatic rings. The minimum Gasteiger partial charge on any atom is -0.360 e. The lowest BCUT2D eigenvalue weighted by molar-refractivity contribution is 0.391. The summed E-state index contributed by atoms with van der Waals surface area (Å²) in [5, 5.41) is 4.36. The van der Waals surface area contributed by atoms with Crippen molar-refractivity contribution in [3.05, 3.63) is 53.4 Å². The van der Waals surface area contributed by atoms with Crippen molar-refractivity contribution in [1.82, 2.24) is 5.16 Å². The highest BCUT2D eigenvalue weighted by atomic mass is 32.2. The van der Waals surface area contributed by atoms with E-state index in [9.17, 15) is 0 Å². The summed E-state index contributed by atoms with van der Waals surface area (Å²) in [5.41, 5.74) is 2.30. The summed E-state index contributed by atoms with van der Waals surface area (Å²) >= 11 is 1.86. The lowest BCUT2D eigenvalue weighted by Gasteiger charge is -2.09. The molecule has 3 heteroatoms. The van der Waals surface area contributed by atoms with E-state index in [-0.39, 0.29) is 0 Å². The van der Waals surface area contributed by atoms with Crippen molar-refractivity contribution in [2.24, 2.45) is 0 Å². The van der Waals surface area contributed by atoms with Gasteiger partial charge in [0.25, 0.3) is 0 Å². The fourth-order valence-corrected chi connectivity index (χ4v) is 2.41. The number of thioether (sulfide) groups is 1. The molecule has 0 saturated carbocycles. The molecule has 1 aromatic carbocycles. The molecule has 84 valence electrons. The van der Waals surface area contributed by atoms with Gasteiger partial charge < -0.3 is 4.52 Å². The van der Waals surface area contributed by atoms with E-state index in [0.717, 1.165) is 17.2 Å². The van der Waals surface area contributed by atoms with Gasteiger partial charge in [0.1, 0.15) is 5.76 Å². The zero-order valence-corrected chi connectivity index (χ0v) is 10.3. The van der Waals surface area contributed by atoms with Crippen LogP contribution in [0.5, 0.6) is 0 Å². The van der Waals surface area contributed by atoms with Gasteiger partial charge in [-0.25, -0.2) is 0 Å². The fourth-order valence-electron chi connectivity index (χ4n) is 1.51. The van der Waals surface area contributed by atoms with E-state index >= 15 is 0 Å². The van der Waals surface area contributed by atoms with E-state index in [4.69, 9.17) is 4.52 Å². The number of aromatic nitrogens is 1. The van der Waals surface area contributed by atoms with Crippen LogP contribution in [0.2, 0.25) is 0 Å². The zero-order valence-electron chi connectivity index (χ0n) is 9.51. The largest absolute Gasteiger partial charge is 0.360 e. The highest BCUT2D eigenvalue weighted by Crippen LogP contribution is 2.30. The van der Waals surface area contributed by atoms with Crippen LogP contribution < -0.4 is 0 Å². The Morgan fingerprint density at radius 3 is 2.69 bits per heavy atom. The maximum Gasteiger partial charge on any atom is 0.146 e. The SMILES string of the molecule is Cc1cc(CSC(C)c2ccccc2)on1. The van der Waals surface area contributed by atoms with E-state index in [1.54, 1.807) is 0 Å². The first-order valence-corrected chi connectivity index (χ1v) is 6.39. The molecule has 16 heavy (non-hydrogen) atoms. The third-order valence-electron chi connectivity index (χ3n) is 2.42. The standard InChI is InChI=1S/C13H15NOS/c1-10-8-13(15-14-10)9-16-11(2)12-6-4-3-5-7-12/h3-8,11H,9H2,1-2H3. The second-order valence-electron chi connectivity index (χ2n) is 3.80. The molecule has 2 rings (SSSR count). The lowest BCUT2D eigenvalue weighted by atomic mass is 10.2. The monoisotopic (exact) mass is 233 g/mol. The number of rotatable bonds is 4. The molecule has 0 aliphatic carbocycles. The number of nitrogens with zero attached hydrogens (tertiary/aromatic N) is 1. The summed E-state index contributed by atoms with van der Waals surface area (Å²) in [6.07, 6.45) is 0. The highest BCUT2D eigenvalue weighted by Gasteiger charge is 2.07. The smallest absolute Gasteiger partial charge is 0.146 e. The van der Waals surface area contributed by atoms with Gasteiger partial charge >= 0.3 is 0 Å². The molecule has 1 atom stereocenters. The van der Waals surface area contributed by atoms with E-state index in [1.165, 1.54) is 5.56 Å². The predicted octanol–water partition coefficient (Wildman–Crippen LogP) is 3.98. The Balaban J connectivity index is 1.91. The van der Waals surface area contributed by atoms with E-state index in [1.807, 2.05) is 30.8 Å². The van der Waals surface area contributed by atoms with Gasteiger partial charge in [-0.1, -0.05) is 35.5 Å². The van der Waals surface area contributed by atoms with Gasteiger partial charge in [-0.3, -0.25) is 0 Å². The second kappa shape index (κ2) is 5.21. The normalized spacial score (nSPS) is 12.6. The van der Waals surface area contributed by atoms with Gasteiger partial charge in [0, 0.05) is 11.3 Å². The molecule has 0 aliphatic heterocycles. The molecule has 2 aromatic rings. The Kier molecular flexibility index (Phi) is 3.67. The van der Waals surface area contributed by atoms with Gasteiger partial charge in [-0.05, 0) is 19.4 Å². The lowest BCUT2D eigenvalue weighted by Crippen LogP contribution is -1.88. The van der Waals surface area contributed by atoms with Crippen LogP contribution in [0.3, 0.4) is 0 Å². The molecule has 0 bridgehead atoms. The van der Waals surface area contributed by atoms with Crippen molar-refractivity contribution in [3.8, 4) is 0 Å². The third kappa shape index (κ3) is 2.89. The topological polar surface area (TPSA) is 26.0 Å². The van der Waals surface area contributed by atoms with Crippen LogP contribution in [-0.4, -0.2) is 5.16 Å². The quantitative estimate of drug-likeness (QED) is 0.799. The van der Waals surface area contributed by atoms with Crippen LogP contribution in [0.25, 0.3) is 0 Å². The maximum absolute atomic E-state index is 5.18. The van der Waals surface area contributed by atoms with Crippen molar-refractivity contribution >= 4 is 11.8 Å². The molecule has 1 aromatic heterocycles. The Morgan fingerprint density at radius 2 is 2.06 bits per heavy atom. The number of aryl methyl sites for hydroxylation is 1. The molecule has 1 heterocycles. The average molecular weight is 233 g/mol. The van der Waals surface area contributed by atoms with Crippen molar-refractivity contribution in [3.63, 3.8) is 0 Å². The summed E-state index contributed by atoms with van der Waals surface area (Å²) in [4.78, 5) is 0. The number of hydrogen-bond acceptors (Lipinski definition) is 3. The van der Waals surface area contributed by atoms with Crippen molar-refractivity contribution < 1.29 is 4.52 Å². The minimum atomic E-state index is 0.478. The first-order valence-electron chi connectivity index (χ1n) is 5.34. The van der Waals surface area contributed by atoms with Crippen LogP contribution in [0.15, 0.2) is 40.9 Å². The average Bonchev–Trinajstić information content (AvgIpc) is 2.73. The zero-order chi connectivity index (χ0) is 11.4. The van der Waals surface area contributed by atoms with Gasteiger partial charge in [-0.15, -0.1) is 11.8 Å². The van der Waals surface area contributed by atoms with Crippen molar-refractivity contribution in [2.75, 3.05) is 0 Å². The van der Waals surface area contributed by atoms with Gasteiger partial charge in [0.15, 0.2) is 0 Å². The number of hydrogen-bond donors (Lipinski definition) is 0. The predicted molar refractivity (Wildman–Crippen MR) is 67.4 cm³/mol. The Labute approximate surface area is 100 Å². The molecule has 0 amide bonds. The van der Waals surface area contributed by atoms with Crippen molar-refractivity contribution in [1.29, 1.82) is 0 Å². The minimum absolute atomic E-state index is 0.478. The summed E-state index contributed by atoms with van der Waals surface area (Å²) in [7, 11) is 0.